The maximum atomic E-state index is 11.0. The summed E-state index contributed by atoms with van der Waals surface area (Å²) < 4.78 is 7.77. The van der Waals surface area contributed by atoms with Crippen LogP contribution >= 0.6 is 23.1 Å². The number of nitrogens with zero attached hydrogens (tertiary/aromatic N) is 3. The van der Waals surface area contributed by atoms with Crippen molar-refractivity contribution in [1.82, 2.24) is 14.8 Å². The number of nitrogens with two attached hydrogens (primary N) is 1. The molecule has 0 aromatic carbocycles. The van der Waals surface area contributed by atoms with Crippen molar-refractivity contribution in [3.05, 3.63) is 16.3 Å². The summed E-state index contributed by atoms with van der Waals surface area (Å²) >= 11 is 3.01. The van der Waals surface area contributed by atoms with Gasteiger partial charge in [-0.05, 0) is 25.8 Å². The van der Waals surface area contributed by atoms with Gasteiger partial charge in [-0.15, -0.1) is 21.5 Å². The van der Waals surface area contributed by atoms with Crippen molar-refractivity contribution in [2.45, 2.75) is 37.6 Å². The third-order valence-electron chi connectivity index (χ3n) is 3.46. The molecule has 1 saturated heterocycles. The molecule has 2 N–H and O–H groups in total. The Kier molecular flexibility index (Phi) is 4.80. The predicted octanol–water partition coefficient (Wildman–Crippen LogP) is 2.07. The van der Waals surface area contributed by atoms with Crippen molar-refractivity contribution in [1.29, 1.82) is 0 Å². The molecule has 6 nitrogen and oxygen atoms in total. The maximum Gasteiger partial charge on any atom is 0.227 e. The Morgan fingerprint density at radius 3 is 3.09 bits per heavy atom. The summed E-state index contributed by atoms with van der Waals surface area (Å²) in [4.78, 5) is 12.3. The number of thiophene rings is 1. The summed E-state index contributed by atoms with van der Waals surface area (Å²) in [6, 6.07) is 2.10. The van der Waals surface area contributed by atoms with Gasteiger partial charge in [-0.1, -0.05) is 11.8 Å². The number of rotatable bonds is 6. The fraction of sp³-hybridized carbons (Fsp3) is 0.500. The lowest BCUT2D eigenvalue weighted by atomic mass is 10.2. The zero-order valence-electron chi connectivity index (χ0n) is 12.3. The molecule has 1 fully saturated rings. The highest BCUT2D eigenvalue weighted by Gasteiger charge is 2.22. The molecular weight excluding hydrogens is 320 g/mol. The second-order valence-corrected chi connectivity index (χ2v) is 7.31. The van der Waals surface area contributed by atoms with E-state index in [0.717, 1.165) is 30.8 Å². The Morgan fingerprint density at radius 1 is 1.59 bits per heavy atom. The van der Waals surface area contributed by atoms with Crippen LogP contribution in [-0.4, -0.2) is 39.1 Å². The van der Waals surface area contributed by atoms with Gasteiger partial charge in [0.1, 0.15) is 0 Å². The molecule has 0 aliphatic carbocycles. The first-order valence-corrected chi connectivity index (χ1v) is 9.01. The first-order valence-electron chi connectivity index (χ1n) is 7.15. The van der Waals surface area contributed by atoms with Crippen LogP contribution in [0.25, 0.3) is 11.4 Å². The number of hydrogen-bond acceptors (Lipinski definition) is 6. The molecule has 118 valence electrons. The summed E-state index contributed by atoms with van der Waals surface area (Å²) in [6.07, 6.45) is 2.31. The van der Waals surface area contributed by atoms with E-state index in [1.807, 2.05) is 4.57 Å². The van der Waals surface area contributed by atoms with E-state index in [2.05, 4.69) is 28.6 Å². The van der Waals surface area contributed by atoms with Crippen molar-refractivity contribution in [2.75, 3.05) is 12.4 Å². The van der Waals surface area contributed by atoms with E-state index < -0.39 is 0 Å². The zero-order chi connectivity index (χ0) is 15.5. The van der Waals surface area contributed by atoms with Crippen LogP contribution in [0.15, 0.2) is 16.6 Å². The molecular formula is C14H18N4O2S2. The predicted molar refractivity (Wildman–Crippen MR) is 87.0 cm³/mol. The lowest BCUT2D eigenvalue weighted by molar-refractivity contribution is -0.115. The largest absolute Gasteiger partial charge is 0.376 e. The minimum atomic E-state index is -0.357. The average Bonchev–Trinajstić information content (AvgIpc) is 3.18. The molecule has 0 bridgehead atoms. The smallest absolute Gasteiger partial charge is 0.227 e. The molecule has 3 heterocycles. The Labute approximate surface area is 137 Å². The van der Waals surface area contributed by atoms with Gasteiger partial charge in [-0.25, -0.2) is 0 Å². The Hall–Kier alpha value is -1.38. The van der Waals surface area contributed by atoms with Crippen LogP contribution in [0.3, 0.4) is 0 Å². The molecule has 0 unspecified atom stereocenters. The van der Waals surface area contributed by atoms with Crippen molar-refractivity contribution in [2.24, 2.45) is 5.73 Å². The second kappa shape index (κ2) is 6.80. The number of carbonyl (C=O) groups excluding carboxylic acids is 1. The van der Waals surface area contributed by atoms with E-state index >= 15 is 0 Å². The summed E-state index contributed by atoms with van der Waals surface area (Å²) in [7, 11) is 0. The highest BCUT2D eigenvalue weighted by molar-refractivity contribution is 7.99. The first kappa shape index (κ1) is 15.5. The lowest BCUT2D eigenvalue weighted by Gasteiger charge is -2.14. The van der Waals surface area contributed by atoms with Crippen LogP contribution in [0.5, 0.6) is 0 Å². The molecule has 0 radical (unpaired) electrons. The molecule has 2 aromatic rings. The molecule has 8 heteroatoms. The normalized spacial score (nSPS) is 18.0. The van der Waals surface area contributed by atoms with Crippen molar-refractivity contribution < 1.29 is 9.53 Å². The van der Waals surface area contributed by atoms with Crippen molar-refractivity contribution in [3.63, 3.8) is 0 Å². The summed E-state index contributed by atoms with van der Waals surface area (Å²) in [5.41, 5.74) is 6.29. The number of carbonyl (C=O) groups is 1. The number of primary amides is 1. The first-order chi connectivity index (χ1) is 10.6. The van der Waals surface area contributed by atoms with E-state index in [-0.39, 0.29) is 17.8 Å². The third kappa shape index (κ3) is 3.50. The second-order valence-electron chi connectivity index (χ2n) is 5.25. The lowest BCUT2D eigenvalue weighted by Crippen LogP contribution is -2.18. The van der Waals surface area contributed by atoms with Gasteiger partial charge < -0.3 is 10.5 Å². The fourth-order valence-corrected chi connectivity index (χ4v) is 3.83. The number of thioether (sulfide) groups is 1. The average molecular weight is 338 g/mol. The summed E-state index contributed by atoms with van der Waals surface area (Å²) in [6.45, 7) is 3.58. The summed E-state index contributed by atoms with van der Waals surface area (Å²) in [5, 5.41) is 11.3. The van der Waals surface area contributed by atoms with Gasteiger partial charge in [0.05, 0.1) is 18.4 Å². The van der Waals surface area contributed by atoms with Crippen molar-refractivity contribution >= 4 is 29.0 Å². The molecule has 1 aliphatic rings. The van der Waals surface area contributed by atoms with Crippen LogP contribution < -0.4 is 5.73 Å². The molecule has 1 atom stereocenters. The van der Waals surface area contributed by atoms with Gasteiger partial charge in [-0.3, -0.25) is 9.36 Å². The Bertz CT molecular complexity index is 662. The zero-order valence-corrected chi connectivity index (χ0v) is 14.0. The molecule has 1 aliphatic heterocycles. The van der Waals surface area contributed by atoms with Crippen molar-refractivity contribution in [3.8, 4) is 11.4 Å². The number of ether oxygens (including phenoxy) is 1. The molecule has 3 rings (SSSR count). The highest BCUT2D eigenvalue weighted by atomic mass is 32.2. The minimum Gasteiger partial charge on any atom is -0.376 e. The molecule has 0 saturated carbocycles. The van der Waals surface area contributed by atoms with E-state index in [4.69, 9.17) is 10.5 Å². The fourth-order valence-electron chi connectivity index (χ4n) is 2.46. The van der Waals surface area contributed by atoms with Gasteiger partial charge in [0.25, 0.3) is 0 Å². The summed E-state index contributed by atoms with van der Waals surface area (Å²) in [5.74, 6) is 0.670. The number of aromatic nitrogens is 3. The molecule has 1 amide bonds. The maximum absolute atomic E-state index is 11.0. The van der Waals surface area contributed by atoms with Gasteiger partial charge >= 0.3 is 0 Å². The quantitative estimate of drug-likeness (QED) is 0.815. The van der Waals surface area contributed by atoms with Crippen LogP contribution in [0, 0.1) is 6.92 Å². The van der Waals surface area contributed by atoms with Gasteiger partial charge in [0.2, 0.25) is 5.91 Å². The third-order valence-corrected chi connectivity index (χ3v) is 5.31. The van der Waals surface area contributed by atoms with Crippen LogP contribution in [0.2, 0.25) is 0 Å². The topological polar surface area (TPSA) is 83.0 Å². The molecule has 22 heavy (non-hydrogen) atoms. The van der Waals surface area contributed by atoms with Crippen LogP contribution in [0.1, 0.15) is 17.7 Å². The Morgan fingerprint density at radius 2 is 2.45 bits per heavy atom. The highest BCUT2D eigenvalue weighted by Crippen LogP contribution is 2.29. The minimum absolute atomic E-state index is 0.183. The molecule has 0 spiro atoms. The van der Waals surface area contributed by atoms with E-state index in [1.54, 1.807) is 11.3 Å². The van der Waals surface area contributed by atoms with E-state index in [0.29, 0.717) is 11.7 Å². The molecule has 2 aromatic heterocycles. The van der Waals surface area contributed by atoms with Crippen LogP contribution in [-0.2, 0) is 16.1 Å². The SMILES string of the molecule is Cc1cc(-c2nnc(SCC(N)=O)n2C[C@@H]2CCCO2)cs1. The number of amides is 1. The van der Waals surface area contributed by atoms with Crippen LogP contribution in [0.4, 0.5) is 0 Å². The monoisotopic (exact) mass is 338 g/mol. The van der Waals surface area contributed by atoms with Gasteiger partial charge in [0, 0.05) is 22.4 Å². The number of hydrogen-bond donors (Lipinski definition) is 1. The van der Waals surface area contributed by atoms with Gasteiger partial charge in [-0.2, -0.15) is 0 Å². The van der Waals surface area contributed by atoms with Gasteiger partial charge in [0.15, 0.2) is 11.0 Å². The Balaban J connectivity index is 1.89. The van der Waals surface area contributed by atoms with E-state index in [1.165, 1.54) is 16.6 Å². The number of aryl methyl sites for hydroxylation is 1. The van der Waals surface area contributed by atoms with E-state index in [9.17, 15) is 4.79 Å². The standard InChI is InChI=1S/C14H18N4O2S2/c1-9-5-10(7-21-9)13-16-17-14(22-8-12(15)19)18(13)6-11-3-2-4-20-11/h5,7,11H,2-4,6,8H2,1H3,(H2,15,19)/t11-/m0/s1.